The summed E-state index contributed by atoms with van der Waals surface area (Å²) in [5.41, 5.74) is 5.28. The zero-order valence-corrected chi connectivity index (χ0v) is 24.1. The highest BCUT2D eigenvalue weighted by atomic mass is 32.2. The van der Waals surface area contributed by atoms with Crippen LogP contribution in [0.15, 0.2) is 42.5 Å². The second-order valence-electron chi connectivity index (χ2n) is 11.1. The van der Waals surface area contributed by atoms with E-state index in [1.165, 1.54) is 23.9 Å². The molecule has 2 atom stereocenters. The molecule has 0 spiro atoms. The summed E-state index contributed by atoms with van der Waals surface area (Å²) in [6.07, 6.45) is 0.794. The van der Waals surface area contributed by atoms with E-state index in [1.807, 2.05) is 50.6 Å². The zero-order valence-electron chi connectivity index (χ0n) is 23.3. The number of halogens is 1. The number of carbonyl (C=O) groups is 2. The molecule has 0 saturated heterocycles. The quantitative estimate of drug-likeness (QED) is 0.419. The number of aromatic nitrogens is 2. The smallest absolute Gasteiger partial charge is 0.240 e. The minimum atomic E-state index is -0.357. The lowest BCUT2D eigenvalue weighted by molar-refractivity contribution is -0.123. The Morgan fingerprint density at radius 2 is 1.87 bits per heavy atom. The van der Waals surface area contributed by atoms with E-state index in [-0.39, 0.29) is 46.6 Å². The lowest BCUT2D eigenvalue weighted by Crippen LogP contribution is -2.44. The van der Waals surface area contributed by atoms with Crippen molar-refractivity contribution in [1.29, 1.82) is 0 Å². The van der Waals surface area contributed by atoms with Gasteiger partial charge < -0.3 is 5.32 Å². The molecule has 4 rings (SSSR count). The first kappa shape index (κ1) is 27.9. The Morgan fingerprint density at radius 3 is 2.50 bits per heavy atom. The Kier molecular flexibility index (Phi) is 8.02. The van der Waals surface area contributed by atoms with Crippen molar-refractivity contribution in [3.63, 3.8) is 0 Å². The van der Waals surface area contributed by atoms with E-state index in [2.05, 4.69) is 26.1 Å². The van der Waals surface area contributed by atoms with Crippen LogP contribution in [-0.2, 0) is 15.0 Å². The summed E-state index contributed by atoms with van der Waals surface area (Å²) in [5.74, 6) is 0.104. The molecule has 0 aliphatic carbocycles. The van der Waals surface area contributed by atoms with E-state index in [1.54, 1.807) is 17.0 Å². The maximum atomic E-state index is 13.9. The molecule has 0 unspecified atom stereocenters. The second kappa shape index (κ2) is 10.9. The van der Waals surface area contributed by atoms with E-state index in [0.717, 1.165) is 40.1 Å². The first-order valence-corrected chi connectivity index (χ1v) is 14.1. The fraction of sp³-hybridized carbons (Fsp3) is 0.433. The van der Waals surface area contributed by atoms with Crippen LogP contribution in [0.1, 0.15) is 74.2 Å². The molecule has 1 aliphatic heterocycles. The fourth-order valence-corrected chi connectivity index (χ4v) is 5.87. The van der Waals surface area contributed by atoms with E-state index in [4.69, 9.17) is 5.10 Å². The van der Waals surface area contributed by atoms with Crippen molar-refractivity contribution in [3.8, 4) is 5.69 Å². The van der Waals surface area contributed by atoms with Crippen LogP contribution in [-0.4, -0.2) is 39.9 Å². The molecule has 0 fully saturated rings. The van der Waals surface area contributed by atoms with Crippen LogP contribution in [0.5, 0.6) is 0 Å². The summed E-state index contributed by atoms with van der Waals surface area (Å²) in [5, 5.41) is 7.89. The molecule has 0 radical (unpaired) electrons. The van der Waals surface area contributed by atoms with E-state index < -0.39 is 0 Å². The van der Waals surface area contributed by atoms with Gasteiger partial charge >= 0.3 is 0 Å². The molecule has 1 N–H and O–H groups in total. The van der Waals surface area contributed by atoms with Gasteiger partial charge in [0.1, 0.15) is 18.2 Å². The van der Waals surface area contributed by atoms with Crippen LogP contribution >= 0.6 is 11.8 Å². The Bertz CT molecular complexity index is 1340. The summed E-state index contributed by atoms with van der Waals surface area (Å²) in [4.78, 5) is 28.4. The standard InChI is InChI=1S/C30H37FN4O2S/c1-8-19(3)32-24(36)16-34-25(37)17-38-27(21-12-14-22(31)15-13-21)26-28(30(5,6)7)33-35(29(26)34)23-11-9-10-18(2)20(23)4/h9-15,19,27H,8,16-17H2,1-7H3,(H,32,36)/t19-,27+/m1/s1. The van der Waals surface area contributed by atoms with Gasteiger partial charge in [-0.1, -0.05) is 52.0 Å². The molecule has 1 aliphatic rings. The van der Waals surface area contributed by atoms with Gasteiger partial charge in [0.15, 0.2) is 0 Å². The van der Waals surface area contributed by atoms with Crippen LogP contribution < -0.4 is 10.2 Å². The largest absolute Gasteiger partial charge is 0.352 e. The number of fused-ring (bicyclic) bond motifs is 1. The second-order valence-corrected chi connectivity index (χ2v) is 12.2. The Hall–Kier alpha value is -3.13. The van der Waals surface area contributed by atoms with Gasteiger partial charge in [-0.2, -0.15) is 5.10 Å². The Balaban J connectivity index is 2.02. The zero-order chi connectivity index (χ0) is 27.8. The van der Waals surface area contributed by atoms with Gasteiger partial charge in [0, 0.05) is 17.0 Å². The summed E-state index contributed by atoms with van der Waals surface area (Å²) in [6.45, 7) is 14.2. The van der Waals surface area contributed by atoms with Gasteiger partial charge in [-0.25, -0.2) is 9.07 Å². The van der Waals surface area contributed by atoms with Crippen molar-refractivity contribution >= 4 is 29.4 Å². The summed E-state index contributed by atoms with van der Waals surface area (Å²) in [6, 6.07) is 12.5. The molecule has 2 amide bonds. The van der Waals surface area contributed by atoms with Crippen LogP contribution in [0.2, 0.25) is 0 Å². The average Bonchev–Trinajstić information content (AvgIpc) is 3.19. The number of hydrogen-bond donors (Lipinski definition) is 1. The number of thioether (sulfide) groups is 1. The number of nitrogens with zero attached hydrogens (tertiary/aromatic N) is 3. The topological polar surface area (TPSA) is 67.2 Å². The Labute approximate surface area is 229 Å². The van der Waals surface area contributed by atoms with E-state index in [9.17, 15) is 14.0 Å². The van der Waals surface area contributed by atoms with Gasteiger partial charge in [0.25, 0.3) is 0 Å². The summed E-state index contributed by atoms with van der Waals surface area (Å²) < 4.78 is 15.7. The molecule has 8 heteroatoms. The number of hydrogen-bond acceptors (Lipinski definition) is 4. The van der Waals surface area contributed by atoms with E-state index >= 15 is 0 Å². The molecular formula is C30H37FN4O2S. The first-order valence-electron chi connectivity index (χ1n) is 13.1. The Morgan fingerprint density at radius 1 is 1.18 bits per heavy atom. The number of rotatable bonds is 6. The van der Waals surface area contributed by atoms with Gasteiger partial charge in [-0.05, 0) is 62.1 Å². The average molecular weight is 537 g/mol. The third kappa shape index (κ3) is 5.51. The predicted octanol–water partition coefficient (Wildman–Crippen LogP) is 6.01. The normalized spacial score (nSPS) is 16.7. The maximum Gasteiger partial charge on any atom is 0.240 e. The van der Waals surface area contributed by atoms with Crippen LogP contribution in [0, 0.1) is 19.7 Å². The highest BCUT2D eigenvalue weighted by Gasteiger charge is 2.40. The lowest BCUT2D eigenvalue weighted by atomic mass is 9.87. The van der Waals surface area contributed by atoms with Crippen LogP contribution in [0.3, 0.4) is 0 Å². The molecule has 0 saturated carbocycles. The highest BCUT2D eigenvalue weighted by Crippen LogP contribution is 2.48. The molecule has 3 aromatic rings. The molecule has 2 heterocycles. The molecule has 1 aromatic heterocycles. The van der Waals surface area contributed by atoms with Gasteiger partial charge in [0.05, 0.1) is 22.4 Å². The SMILES string of the molecule is CC[C@@H](C)NC(=O)CN1C(=O)CS[C@@H](c2ccc(F)cc2)c2c(C(C)(C)C)nn(-c3cccc(C)c3C)c21. The van der Waals surface area contributed by atoms with E-state index in [0.29, 0.717) is 5.82 Å². The first-order chi connectivity index (χ1) is 17.9. The number of aryl methyl sites for hydroxylation is 1. The van der Waals surface area contributed by atoms with Gasteiger partial charge in [0.2, 0.25) is 11.8 Å². The number of anilines is 1. The maximum absolute atomic E-state index is 13.9. The van der Waals surface area contributed by atoms with Gasteiger partial charge in [-0.15, -0.1) is 11.8 Å². The van der Waals surface area contributed by atoms with Crippen molar-refractivity contribution in [2.24, 2.45) is 0 Å². The number of carbonyl (C=O) groups excluding carboxylic acids is 2. The molecule has 202 valence electrons. The molecule has 2 aromatic carbocycles. The molecule has 0 bridgehead atoms. The number of nitrogens with one attached hydrogen (secondary N) is 1. The minimum Gasteiger partial charge on any atom is -0.352 e. The van der Waals surface area contributed by atoms with Gasteiger partial charge in [-0.3, -0.25) is 14.5 Å². The minimum absolute atomic E-state index is 0.000506. The summed E-state index contributed by atoms with van der Waals surface area (Å²) >= 11 is 1.49. The van der Waals surface area contributed by atoms with Crippen molar-refractivity contribution in [3.05, 3.63) is 76.2 Å². The molecule has 38 heavy (non-hydrogen) atoms. The predicted molar refractivity (Wildman–Crippen MR) is 153 cm³/mol. The third-order valence-electron chi connectivity index (χ3n) is 7.10. The van der Waals surface area contributed by atoms with Crippen molar-refractivity contribution < 1.29 is 14.0 Å². The molecular weight excluding hydrogens is 499 g/mol. The third-order valence-corrected chi connectivity index (χ3v) is 8.35. The fourth-order valence-electron chi connectivity index (χ4n) is 4.67. The van der Waals surface area contributed by atoms with Crippen molar-refractivity contribution in [2.45, 2.75) is 71.6 Å². The number of benzene rings is 2. The monoisotopic (exact) mass is 536 g/mol. The molecule has 6 nitrogen and oxygen atoms in total. The lowest BCUT2D eigenvalue weighted by Gasteiger charge is -2.25. The van der Waals surface area contributed by atoms with Crippen molar-refractivity contribution in [2.75, 3.05) is 17.2 Å². The number of amides is 2. The van der Waals surface area contributed by atoms with Crippen LogP contribution in [0.25, 0.3) is 5.69 Å². The summed E-state index contributed by atoms with van der Waals surface area (Å²) in [7, 11) is 0. The highest BCUT2D eigenvalue weighted by molar-refractivity contribution is 8.00. The van der Waals surface area contributed by atoms with Crippen LogP contribution in [0.4, 0.5) is 10.2 Å². The van der Waals surface area contributed by atoms with Crippen molar-refractivity contribution in [1.82, 2.24) is 15.1 Å².